The van der Waals surface area contributed by atoms with Crippen molar-refractivity contribution in [2.75, 3.05) is 12.4 Å². The fraction of sp³-hybridized carbons (Fsp3) is 0.429. The Labute approximate surface area is 108 Å². The first kappa shape index (κ1) is 16.2. The molecule has 0 bridgehead atoms. The second-order valence-electron chi connectivity index (χ2n) is 4.00. The van der Waals surface area contributed by atoms with Crippen molar-refractivity contribution in [3.8, 4) is 0 Å². The summed E-state index contributed by atoms with van der Waals surface area (Å²) in [5.41, 5.74) is 0.940. The maximum Gasteiger partial charge on any atom is 0.337 e. The van der Waals surface area contributed by atoms with Crippen molar-refractivity contribution in [3.05, 3.63) is 29.8 Å². The number of para-hydroxylation sites is 1. The minimum Gasteiger partial charge on any atom is -0.478 e. The molecule has 0 saturated heterocycles. The van der Waals surface area contributed by atoms with Crippen LogP contribution in [0.5, 0.6) is 0 Å². The molecular weight excluding hydrogens is 230 g/mol. The topological polar surface area (TPSA) is 66.4 Å². The smallest absolute Gasteiger partial charge is 0.337 e. The van der Waals surface area contributed by atoms with Gasteiger partial charge in [-0.05, 0) is 18.6 Å². The van der Waals surface area contributed by atoms with Crippen LogP contribution in [0.15, 0.2) is 24.3 Å². The fourth-order valence-electron chi connectivity index (χ4n) is 1.41. The van der Waals surface area contributed by atoms with E-state index in [0.29, 0.717) is 11.3 Å². The van der Waals surface area contributed by atoms with Crippen LogP contribution in [0.3, 0.4) is 0 Å². The Hall–Kier alpha value is -1.84. The summed E-state index contributed by atoms with van der Waals surface area (Å²) in [6.07, 6.45) is 3.15. The molecule has 1 rings (SSSR count). The molecule has 18 heavy (non-hydrogen) atoms. The monoisotopic (exact) mass is 251 g/mol. The summed E-state index contributed by atoms with van der Waals surface area (Å²) in [6, 6.07) is 6.78. The molecule has 1 unspecified atom stereocenters. The predicted octanol–water partition coefficient (Wildman–Crippen LogP) is 3.05. The van der Waals surface area contributed by atoms with Crippen molar-refractivity contribution in [1.29, 1.82) is 0 Å². The van der Waals surface area contributed by atoms with Crippen molar-refractivity contribution >= 4 is 17.9 Å². The average molecular weight is 251 g/mol. The maximum atomic E-state index is 10.5. The van der Waals surface area contributed by atoms with E-state index in [9.17, 15) is 9.59 Å². The van der Waals surface area contributed by atoms with Crippen LogP contribution in [0, 0.1) is 5.92 Å². The highest BCUT2D eigenvalue weighted by atomic mass is 16.4. The van der Waals surface area contributed by atoms with Crippen LogP contribution in [0.2, 0.25) is 0 Å². The van der Waals surface area contributed by atoms with Gasteiger partial charge in [0.05, 0.1) is 5.56 Å². The summed E-state index contributed by atoms with van der Waals surface area (Å²) >= 11 is 0. The summed E-state index contributed by atoms with van der Waals surface area (Å²) in [4.78, 5) is 20.4. The molecule has 0 fully saturated rings. The maximum absolute atomic E-state index is 10.5. The number of hydrogen-bond donors (Lipinski definition) is 2. The van der Waals surface area contributed by atoms with Gasteiger partial charge in [-0.25, -0.2) is 4.79 Å². The molecule has 0 aliphatic carbocycles. The largest absolute Gasteiger partial charge is 0.478 e. The number of nitrogens with one attached hydrogen (secondary N) is 1. The summed E-state index contributed by atoms with van der Waals surface area (Å²) in [7, 11) is 1.70. The van der Waals surface area contributed by atoms with Crippen molar-refractivity contribution in [2.45, 2.75) is 26.7 Å². The van der Waals surface area contributed by atoms with Crippen molar-refractivity contribution in [3.63, 3.8) is 0 Å². The van der Waals surface area contributed by atoms with Gasteiger partial charge >= 0.3 is 5.97 Å². The molecule has 0 radical (unpaired) electrons. The van der Waals surface area contributed by atoms with Gasteiger partial charge in [-0.3, -0.25) is 0 Å². The van der Waals surface area contributed by atoms with Gasteiger partial charge in [-0.1, -0.05) is 32.4 Å². The number of carbonyl (C=O) groups excluding carboxylic acids is 1. The molecule has 0 aliphatic heterocycles. The highest BCUT2D eigenvalue weighted by Gasteiger charge is 2.05. The SMILES string of the molecule is CCCC(C)C=O.CNc1ccccc1C(=O)O. The third-order valence-electron chi connectivity index (χ3n) is 2.40. The van der Waals surface area contributed by atoms with E-state index in [1.54, 1.807) is 31.3 Å². The van der Waals surface area contributed by atoms with E-state index < -0.39 is 5.97 Å². The first-order valence-corrected chi connectivity index (χ1v) is 6.02. The molecule has 1 aromatic carbocycles. The molecule has 1 atom stereocenters. The number of aldehydes is 1. The van der Waals surface area contributed by atoms with E-state index in [1.165, 1.54) is 0 Å². The van der Waals surface area contributed by atoms with Crippen LogP contribution in [0.1, 0.15) is 37.0 Å². The molecule has 0 amide bonds. The molecule has 0 spiro atoms. The molecule has 4 heteroatoms. The third kappa shape index (κ3) is 6.03. The zero-order valence-corrected chi connectivity index (χ0v) is 11.1. The van der Waals surface area contributed by atoms with E-state index >= 15 is 0 Å². The lowest BCUT2D eigenvalue weighted by molar-refractivity contribution is -0.110. The van der Waals surface area contributed by atoms with Gasteiger partial charge in [0.1, 0.15) is 6.29 Å². The highest BCUT2D eigenvalue weighted by molar-refractivity contribution is 5.94. The minimum absolute atomic E-state index is 0.269. The number of hydrogen-bond acceptors (Lipinski definition) is 3. The van der Waals surface area contributed by atoms with Crippen LogP contribution in [-0.2, 0) is 4.79 Å². The fourth-order valence-corrected chi connectivity index (χ4v) is 1.41. The minimum atomic E-state index is -0.907. The van der Waals surface area contributed by atoms with E-state index in [1.807, 2.05) is 6.92 Å². The Kier molecular flexibility index (Phi) is 8.27. The number of anilines is 1. The Morgan fingerprint density at radius 2 is 2.06 bits per heavy atom. The van der Waals surface area contributed by atoms with Crippen LogP contribution < -0.4 is 5.32 Å². The van der Waals surface area contributed by atoms with E-state index in [4.69, 9.17) is 5.11 Å². The van der Waals surface area contributed by atoms with Gasteiger partial charge in [0.15, 0.2) is 0 Å². The normalized spacial score (nSPS) is 10.8. The number of carbonyl (C=O) groups is 2. The van der Waals surface area contributed by atoms with Crippen LogP contribution in [0.25, 0.3) is 0 Å². The number of carboxylic acids is 1. The van der Waals surface area contributed by atoms with Crippen LogP contribution >= 0.6 is 0 Å². The van der Waals surface area contributed by atoms with Crippen LogP contribution in [-0.4, -0.2) is 24.4 Å². The quantitative estimate of drug-likeness (QED) is 0.789. The lowest BCUT2D eigenvalue weighted by Crippen LogP contribution is -2.01. The van der Waals surface area contributed by atoms with Gasteiger partial charge < -0.3 is 15.2 Å². The Balaban J connectivity index is 0.000000360. The predicted molar refractivity (Wildman–Crippen MR) is 73.1 cm³/mol. The van der Waals surface area contributed by atoms with E-state index in [-0.39, 0.29) is 5.92 Å². The standard InChI is InChI=1S/C8H9NO2.C6H12O/c1-9-7-5-3-2-4-6(7)8(10)11;1-3-4-6(2)5-7/h2-5,9H,1H3,(H,10,11);5-6H,3-4H2,1-2H3. The highest BCUT2D eigenvalue weighted by Crippen LogP contribution is 2.13. The summed E-state index contributed by atoms with van der Waals surface area (Å²) in [5.74, 6) is -0.639. The lowest BCUT2D eigenvalue weighted by Gasteiger charge is -2.02. The van der Waals surface area contributed by atoms with E-state index in [2.05, 4.69) is 12.2 Å². The molecule has 0 aromatic heterocycles. The van der Waals surface area contributed by atoms with Gasteiger partial charge in [-0.2, -0.15) is 0 Å². The second-order valence-corrected chi connectivity index (χ2v) is 4.00. The summed E-state index contributed by atoms with van der Waals surface area (Å²) < 4.78 is 0. The zero-order chi connectivity index (χ0) is 14.0. The Bertz CT molecular complexity index is 377. The lowest BCUT2D eigenvalue weighted by atomic mass is 10.1. The number of aromatic carboxylic acids is 1. The summed E-state index contributed by atoms with van der Waals surface area (Å²) in [5, 5.41) is 11.5. The van der Waals surface area contributed by atoms with Gasteiger partial charge in [0, 0.05) is 18.7 Å². The Morgan fingerprint density at radius 3 is 2.39 bits per heavy atom. The number of rotatable bonds is 5. The molecule has 4 nitrogen and oxygen atoms in total. The zero-order valence-electron chi connectivity index (χ0n) is 11.1. The van der Waals surface area contributed by atoms with Crippen molar-refractivity contribution in [2.24, 2.45) is 5.92 Å². The first-order chi connectivity index (χ1) is 8.56. The molecule has 100 valence electrons. The average Bonchev–Trinajstić information content (AvgIpc) is 2.39. The molecule has 2 N–H and O–H groups in total. The molecule has 0 saturated carbocycles. The van der Waals surface area contributed by atoms with Gasteiger partial charge in [0.25, 0.3) is 0 Å². The van der Waals surface area contributed by atoms with Gasteiger partial charge in [0.2, 0.25) is 0 Å². The third-order valence-corrected chi connectivity index (χ3v) is 2.40. The first-order valence-electron chi connectivity index (χ1n) is 6.02. The van der Waals surface area contributed by atoms with Crippen LogP contribution in [0.4, 0.5) is 5.69 Å². The van der Waals surface area contributed by atoms with Gasteiger partial charge in [-0.15, -0.1) is 0 Å². The number of carboxylic acid groups (broad SMARTS) is 1. The molecule has 0 aliphatic rings. The Morgan fingerprint density at radius 1 is 1.44 bits per heavy atom. The van der Waals surface area contributed by atoms with E-state index in [0.717, 1.165) is 19.1 Å². The molecular formula is C14H21NO3. The van der Waals surface area contributed by atoms with Crippen molar-refractivity contribution in [1.82, 2.24) is 0 Å². The van der Waals surface area contributed by atoms with Crippen molar-refractivity contribution < 1.29 is 14.7 Å². The summed E-state index contributed by atoms with van der Waals surface area (Å²) in [6.45, 7) is 4.02. The second kappa shape index (κ2) is 9.22. The molecule has 0 heterocycles. The molecule has 1 aromatic rings. The number of benzene rings is 1.